The predicted molar refractivity (Wildman–Crippen MR) is 105 cm³/mol. The van der Waals surface area contributed by atoms with Crippen LogP contribution in [0, 0.1) is 23.4 Å². The lowest BCUT2D eigenvalue weighted by Crippen LogP contribution is -2.52. The Bertz CT molecular complexity index is 989. The third kappa shape index (κ3) is 3.45. The van der Waals surface area contributed by atoms with Crippen molar-refractivity contribution in [2.75, 3.05) is 19.6 Å². The average molecular weight is 416 g/mol. The highest BCUT2D eigenvalue weighted by molar-refractivity contribution is 5.70. The summed E-state index contributed by atoms with van der Waals surface area (Å²) >= 11 is 0. The molecule has 6 rings (SSSR count). The zero-order chi connectivity index (χ0) is 20.8. The van der Waals surface area contributed by atoms with Crippen LogP contribution in [0.1, 0.15) is 36.4 Å². The normalized spacial score (nSPS) is 27.0. The minimum Gasteiger partial charge on any atom is -0.445 e. The van der Waals surface area contributed by atoms with Crippen LogP contribution in [0.15, 0.2) is 30.3 Å². The van der Waals surface area contributed by atoms with Crippen molar-refractivity contribution in [1.82, 2.24) is 10.2 Å². The van der Waals surface area contributed by atoms with Gasteiger partial charge in [-0.2, -0.15) is 0 Å². The van der Waals surface area contributed by atoms with Gasteiger partial charge >= 0.3 is 6.09 Å². The van der Waals surface area contributed by atoms with Crippen molar-refractivity contribution < 1.29 is 22.7 Å². The summed E-state index contributed by atoms with van der Waals surface area (Å²) in [5.74, 6) is -3.42. The number of fused-ring (bicyclic) bond motifs is 4. The highest BCUT2D eigenvalue weighted by Gasteiger charge is 2.37. The van der Waals surface area contributed by atoms with Crippen LogP contribution in [0.2, 0.25) is 0 Å². The number of carbonyl (C=O) groups excluding carboxylic acids is 1. The van der Waals surface area contributed by atoms with E-state index in [1.807, 2.05) is 6.07 Å². The van der Waals surface area contributed by atoms with Gasteiger partial charge in [0.25, 0.3) is 0 Å². The van der Waals surface area contributed by atoms with Crippen molar-refractivity contribution in [2.45, 2.75) is 37.8 Å². The Hall–Kier alpha value is -2.54. The first-order valence-corrected chi connectivity index (χ1v) is 10.5. The highest BCUT2D eigenvalue weighted by atomic mass is 19.2. The van der Waals surface area contributed by atoms with Gasteiger partial charge in [-0.25, -0.2) is 18.0 Å². The molecule has 4 nitrogen and oxygen atoms in total. The van der Waals surface area contributed by atoms with E-state index >= 15 is 0 Å². The number of piperidine rings is 3. The van der Waals surface area contributed by atoms with Crippen molar-refractivity contribution in [1.29, 1.82) is 0 Å². The predicted octanol–water partition coefficient (Wildman–Crippen LogP) is 4.58. The smallest absolute Gasteiger partial charge is 0.407 e. The molecule has 1 amide bonds. The van der Waals surface area contributed by atoms with Crippen LogP contribution < -0.4 is 5.32 Å². The maximum absolute atomic E-state index is 14.1. The summed E-state index contributed by atoms with van der Waals surface area (Å²) in [5.41, 5.74) is 2.42. The summed E-state index contributed by atoms with van der Waals surface area (Å²) in [7, 11) is 0. The molecule has 2 aromatic carbocycles. The maximum Gasteiger partial charge on any atom is 0.407 e. The molecule has 2 bridgehead atoms. The second-order valence-electron chi connectivity index (χ2n) is 8.45. The monoisotopic (exact) mass is 416 g/mol. The Labute approximate surface area is 173 Å². The Balaban J connectivity index is 1.28. The summed E-state index contributed by atoms with van der Waals surface area (Å²) < 4.78 is 46.7. The van der Waals surface area contributed by atoms with Gasteiger partial charge in [0.2, 0.25) is 0 Å². The molecule has 3 aliphatic heterocycles. The molecule has 3 fully saturated rings. The number of alkyl carbamates (subject to hydrolysis) is 1. The highest BCUT2D eigenvalue weighted by Crippen LogP contribution is 2.36. The maximum atomic E-state index is 14.1. The summed E-state index contributed by atoms with van der Waals surface area (Å²) in [6.45, 7) is 2.98. The van der Waals surface area contributed by atoms with Gasteiger partial charge in [-0.3, -0.25) is 4.90 Å². The molecule has 158 valence electrons. The van der Waals surface area contributed by atoms with E-state index in [1.54, 1.807) is 12.1 Å². The van der Waals surface area contributed by atoms with Crippen molar-refractivity contribution in [3.05, 3.63) is 58.9 Å². The van der Waals surface area contributed by atoms with E-state index in [0.717, 1.165) is 49.7 Å². The number of carbonyl (C=O) groups is 1. The van der Waals surface area contributed by atoms with Crippen LogP contribution in [-0.4, -0.2) is 36.7 Å². The fourth-order valence-electron chi connectivity index (χ4n) is 5.04. The van der Waals surface area contributed by atoms with Crippen molar-refractivity contribution in [3.8, 4) is 11.1 Å². The first-order valence-electron chi connectivity index (χ1n) is 10.5. The van der Waals surface area contributed by atoms with Crippen LogP contribution >= 0.6 is 0 Å². The molecule has 7 heteroatoms. The van der Waals surface area contributed by atoms with Gasteiger partial charge in [0.05, 0.1) is 6.04 Å². The van der Waals surface area contributed by atoms with Crippen LogP contribution in [0.25, 0.3) is 11.1 Å². The van der Waals surface area contributed by atoms with Gasteiger partial charge in [-0.1, -0.05) is 18.2 Å². The van der Waals surface area contributed by atoms with Gasteiger partial charge in [-0.15, -0.1) is 0 Å². The molecular weight excluding hydrogens is 393 g/mol. The molecule has 0 saturated carbocycles. The first-order chi connectivity index (χ1) is 14.5. The topological polar surface area (TPSA) is 41.6 Å². The number of halogens is 3. The van der Waals surface area contributed by atoms with Gasteiger partial charge in [0.15, 0.2) is 17.5 Å². The second-order valence-corrected chi connectivity index (χ2v) is 8.45. The molecule has 0 aromatic heterocycles. The van der Waals surface area contributed by atoms with Gasteiger partial charge < -0.3 is 10.1 Å². The third-order valence-electron chi connectivity index (χ3n) is 6.71. The molecule has 1 aliphatic carbocycles. The molecular formula is C23H23F3N2O2. The number of nitrogens with zero attached hydrogens (tertiary/aromatic N) is 1. The lowest BCUT2D eigenvalue weighted by Gasteiger charge is -2.43. The standard InChI is InChI=1S/C23H23F3N2O2/c24-18-5-4-17(21(25)22(18)26)15-1-3-16-14(11-15)2-6-19(16)27-23(29)30-20-12-28-9-7-13(20)8-10-28/h1,3-5,11,13,19-20H,2,6-10,12H2,(H,27,29)/t19?,20-/m1/s1. The van der Waals surface area contributed by atoms with Crippen molar-refractivity contribution in [3.63, 3.8) is 0 Å². The second kappa shape index (κ2) is 7.61. The number of hydrogen-bond acceptors (Lipinski definition) is 3. The molecule has 1 N–H and O–H groups in total. The molecule has 30 heavy (non-hydrogen) atoms. The molecule has 2 aromatic rings. The van der Waals surface area contributed by atoms with E-state index in [2.05, 4.69) is 10.2 Å². The van der Waals surface area contributed by atoms with E-state index < -0.39 is 23.5 Å². The Morgan fingerprint density at radius 2 is 1.83 bits per heavy atom. The average Bonchev–Trinajstić information content (AvgIpc) is 3.15. The number of aryl methyl sites for hydroxylation is 1. The Morgan fingerprint density at radius 1 is 1.03 bits per heavy atom. The molecule has 2 atom stereocenters. The quantitative estimate of drug-likeness (QED) is 0.745. The van der Waals surface area contributed by atoms with Crippen LogP contribution in [0.5, 0.6) is 0 Å². The largest absolute Gasteiger partial charge is 0.445 e. The number of ether oxygens (including phenoxy) is 1. The minimum absolute atomic E-state index is 0.0230. The van der Waals surface area contributed by atoms with Gasteiger partial charge in [0, 0.05) is 12.1 Å². The Kier molecular flexibility index (Phi) is 4.93. The zero-order valence-electron chi connectivity index (χ0n) is 16.5. The van der Waals surface area contributed by atoms with Crippen LogP contribution in [0.3, 0.4) is 0 Å². The van der Waals surface area contributed by atoms with Crippen molar-refractivity contribution in [2.24, 2.45) is 5.92 Å². The first kappa shape index (κ1) is 19.4. The number of rotatable bonds is 3. The van der Waals surface area contributed by atoms with Crippen LogP contribution in [0.4, 0.5) is 18.0 Å². The number of amides is 1. The molecule has 3 heterocycles. The molecule has 0 radical (unpaired) electrons. The molecule has 4 aliphatic rings. The van der Waals surface area contributed by atoms with E-state index in [9.17, 15) is 18.0 Å². The van der Waals surface area contributed by atoms with Gasteiger partial charge in [0.1, 0.15) is 6.10 Å². The third-order valence-corrected chi connectivity index (χ3v) is 6.71. The van der Waals surface area contributed by atoms with Crippen LogP contribution in [-0.2, 0) is 11.2 Å². The lowest BCUT2D eigenvalue weighted by atomic mass is 9.86. The SMILES string of the molecule is O=C(NC1CCc2cc(-c3ccc(F)c(F)c3F)ccc21)O[C@@H]1CN2CCC1CC2. The number of nitrogens with one attached hydrogen (secondary N) is 1. The van der Waals surface area contributed by atoms with E-state index in [4.69, 9.17) is 4.74 Å². The molecule has 3 saturated heterocycles. The Morgan fingerprint density at radius 3 is 2.57 bits per heavy atom. The van der Waals surface area contributed by atoms with Gasteiger partial charge in [-0.05, 0) is 73.5 Å². The van der Waals surface area contributed by atoms with E-state index in [-0.39, 0.29) is 17.7 Å². The fourth-order valence-corrected chi connectivity index (χ4v) is 5.04. The lowest BCUT2D eigenvalue weighted by molar-refractivity contribution is -0.0339. The fraction of sp³-hybridized carbons (Fsp3) is 0.435. The zero-order valence-corrected chi connectivity index (χ0v) is 16.5. The number of hydrogen-bond donors (Lipinski definition) is 1. The summed E-state index contributed by atoms with van der Waals surface area (Å²) in [6.07, 6.45) is 3.13. The van der Waals surface area contributed by atoms with Crippen molar-refractivity contribution >= 4 is 6.09 Å². The molecule has 0 spiro atoms. The molecule has 1 unspecified atom stereocenters. The summed E-state index contributed by atoms with van der Waals surface area (Å²) in [4.78, 5) is 14.8. The minimum atomic E-state index is -1.47. The number of benzene rings is 2. The van der Waals surface area contributed by atoms with E-state index in [1.165, 1.54) is 6.07 Å². The summed E-state index contributed by atoms with van der Waals surface area (Å²) in [5, 5.41) is 2.97. The van der Waals surface area contributed by atoms with E-state index in [0.29, 0.717) is 24.3 Å². The summed E-state index contributed by atoms with van der Waals surface area (Å²) in [6, 6.07) is 7.27.